The Morgan fingerprint density at radius 2 is 1.95 bits per heavy atom. The Morgan fingerprint density at radius 1 is 1.21 bits per heavy atom. The van der Waals surface area contributed by atoms with E-state index in [4.69, 9.17) is 9.47 Å². The number of ketones is 1. The molecule has 0 spiro atoms. The van der Waals surface area contributed by atoms with Gasteiger partial charge in [-0.2, -0.15) is 0 Å². The average molecular weight is 263 g/mol. The largest absolute Gasteiger partial charge is 0.493 e. The molecule has 1 fully saturated rings. The number of nitrogens with zero attached hydrogens (tertiary/aromatic N) is 1. The van der Waals surface area contributed by atoms with E-state index in [0.717, 1.165) is 31.1 Å². The van der Waals surface area contributed by atoms with E-state index in [2.05, 4.69) is 11.0 Å². The molecule has 0 aliphatic carbocycles. The Bertz CT molecular complexity index is 435. The van der Waals surface area contributed by atoms with Crippen molar-refractivity contribution in [2.24, 2.45) is 0 Å². The van der Waals surface area contributed by atoms with Crippen LogP contribution in [0.3, 0.4) is 0 Å². The van der Waals surface area contributed by atoms with Crippen molar-refractivity contribution in [1.29, 1.82) is 0 Å². The summed E-state index contributed by atoms with van der Waals surface area (Å²) in [6.45, 7) is 5.15. The van der Waals surface area contributed by atoms with Crippen LogP contribution in [0.25, 0.3) is 0 Å². The first-order valence-electron chi connectivity index (χ1n) is 6.76. The van der Waals surface area contributed by atoms with Crippen molar-refractivity contribution in [3.63, 3.8) is 0 Å². The molecule has 0 unspecified atom stereocenters. The predicted octanol–water partition coefficient (Wildman–Crippen LogP) is 2.26. The SMILES string of the molecule is CCOc1cc(CN2CCC(=O)CC2)ccc1OC. The van der Waals surface area contributed by atoms with Gasteiger partial charge >= 0.3 is 0 Å². The highest BCUT2D eigenvalue weighted by Gasteiger charge is 2.16. The Kier molecular flexibility index (Phi) is 4.80. The van der Waals surface area contributed by atoms with Gasteiger partial charge in [0.2, 0.25) is 0 Å². The molecule has 1 aromatic carbocycles. The fourth-order valence-electron chi connectivity index (χ4n) is 2.31. The number of hydrogen-bond acceptors (Lipinski definition) is 4. The summed E-state index contributed by atoms with van der Waals surface area (Å²) < 4.78 is 10.9. The Hall–Kier alpha value is -1.55. The monoisotopic (exact) mass is 263 g/mol. The van der Waals surface area contributed by atoms with Gasteiger partial charge in [0.25, 0.3) is 0 Å². The minimum atomic E-state index is 0.376. The summed E-state index contributed by atoms with van der Waals surface area (Å²) in [5.41, 5.74) is 1.19. The van der Waals surface area contributed by atoms with Crippen LogP contribution in [0.5, 0.6) is 11.5 Å². The van der Waals surface area contributed by atoms with E-state index in [1.165, 1.54) is 5.56 Å². The first-order valence-corrected chi connectivity index (χ1v) is 6.76. The van der Waals surface area contributed by atoms with Gasteiger partial charge in [0, 0.05) is 32.5 Å². The summed E-state index contributed by atoms with van der Waals surface area (Å²) in [6.07, 6.45) is 1.35. The van der Waals surface area contributed by atoms with Gasteiger partial charge in [-0.05, 0) is 24.6 Å². The van der Waals surface area contributed by atoms with Crippen molar-refractivity contribution in [2.75, 3.05) is 26.8 Å². The first-order chi connectivity index (χ1) is 9.22. The van der Waals surface area contributed by atoms with Crippen LogP contribution in [-0.4, -0.2) is 37.5 Å². The second-order valence-electron chi connectivity index (χ2n) is 4.73. The van der Waals surface area contributed by atoms with E-state index >= 15 is 0 Å². The highest BCUT2D eigenvalue weighted by atomic mass is 16.5. The van der Waals surface area contributed by atoms with Crippen LogP contribution in [0.2, 0.25) is 0 Å². The fraction of sp³-hybridized carbons (Fsp3) is 0.533. The van der Waals surface area contributed by atoms with E-state index in [-0.39, 0.29) is 0 Å². The Balaban J connectivity index is 2.03. The second kappa shape index (κ2) is 6.57. The lowest BCUT2D eigenvalue weighted by atomic mass is 10.1. The zero-order chi connectivity index (χ0) is 13.7. The van der Waals surface area contributed by atoms with Gasteiger partial charge in [-0.15, -0.1) is 0 Å². The van der Waals surface area contributed by atoms with E-state index in [9.17, 15) is 4.79 Å². The first kappa shape index (κ1) is 13.9. The third-order valence-electron chi connectivity index (χ3n) is 3.35. The van der Waals surface area contributed by atoms with Crippen molar-refractivity contribution >= 4 is 5.78 Å². The molecule has 4 heteroatoms. The number of likely N-dealkylation sites (tertiary alicyclic amines) is 1. The molecular weight excluding hydrogens is 242 g/mol. The van der Waals surface area contributed by atoms with Crippen molar-refractivity contribution in [2.45, 2.75) is 26.3 Å². The van der Waals surface area contributed by atoms with Crippen LogP contribution in [0, 0.1) is 0 Å². The normalized spacial score (nSPS) is 16.4. The highest BCUT2D eigenvalue weighted by molar-refractivity contribution is 5.79. The van der Waals surface area contributed by atoms with Crippen molar-refractivity contribution in [3.8, 4) is 11.5 Å². The lowest BCUT2D eigenvalue weighted by molar-refractivity contribution is -0.121. The number of carbonyl (C=O) groups is 1. The fourth-order valence-corrected chi connectivity index (χ4v) is 2.31. The molecule has 0 radical (unpaired) electrons. The molecule has 1 saturated heterocycles. The zero-order valence-corrected chi connectivity index (χ0v) is 11.6. The summed E-state index contributed by atoms with van der Waals surface area (Å²) >= 11 is 0. The Morgan fingerprint density at radius 3 is 2.58 bits per heavy atom. The van der Waals surface area contributed by atoms with E-state index in [0.29, 0.717) is 25.2 Å². The van der Waals surface area contributed by atoms with E-state index < -0.39 is 0 Å². The molecule has 1 heterocycles. The van der Waals surface area contributed by atoms with Crippen LogP contribution in [-0.2, 0) is 11.3 Å². The molecule has 0 saturated carbocycles. The number of methoxy groups -OCH3 is 1. The maximum atomic E-state index is 11.2. The van der Waals surface area contributed by atoms with E-state index in [1.54, 1.807) is 7.11 Å². The number of Topliss-reactive ketones (excluding diaryl/α,β-unsaturated/α-hetero) is 1. The maximum Gasteiger partial charge on any atom is 0.161 e. The van der Waals surface area contributed by atoms with Gasteiger partial charge < -0.3 is 9.47 Å². The van der Waals surface area contributed by atoms with Gasteiger partial charge in [0.05, 0.1) is 13.7 Å². The zero-order valence-electron chi connectivity index (χ0n) is 11.6. The number of hydrogen-bond donors (Lipinski definition) is 0. The van der Waals surface area contributed by atoms with Crippen molar-refractivity contribution in [1.82, 2.24) is 4.90 Å². The van der Waals surface area contributed by atoms with Crippen LogP contribution in [0.15, 0.2) is 18.2 Å². The number of ether oxygens (including phenoxy) is 2. The number of benzene rings is 1. The molecule has 1 aliphatic rings. The third-order valence-corrected chi connectivity index (χ3v) is 3.35. The summed E-state index contributed by atoms with van der Waals surface area (Å²) in [6, 6.07) is 6.02. The molecule has 0 N–H and O–H groups in total. The predicted molar refractivity (Wildman–Crippen MR) is 73.7 cm³/mol. The van der Waals surface area contributed by atoms with Crippen LogP contribution in [0.1, 0.15) is 25.3 Å². The third kappa shape index (κ3) is 3.70. The molecule has 104 valence electrons. The van der Waals surface area contributed by atoms with Gasteiger partial charge in [0.15, 0.2) is 11.5 Å². The topological polar surface area (TPSA) is 38.8 Å². The minimum Gasteiger partial charge on any atom is -0.493 e. The molecule has 4 nitrogen and oxygen atoms in total. The maximum absolute atomic E-state index is 11.2. The highest BCUT2D eigenvalue weighted by Crippen LogP contribution is 2.28. The van der Waals surface area contributed by atoms with Crippen LogP contribution < -0.4 is 9.47 Å². The minimum absolute atomic E-state index is 0.376. The standard InChI is InChI=1S/C15H21NO3/c1-3-19-15-10-12(4-5-14(15)18-2)11-16-8-6-13(17)7-9-16/h4-5,10H,3,6-9,11H2,1-2H3. The van der Waals surface area contributed by atoms with Crippen LogP contribution >= 0.6 is 0 Å². The molecular formula is C15H21NO3. The average Bonchev–Trinajstić information content (AvgIpc) is 2.42. The summed E-state index contributed by atoms with van der Waals surface area (Å²) in [4.78, 5) is 13.5. The lowest BCUT2D eigenvalue weighted by Crippen LogP contribution is -2.33. The molecule has 0 bridgehead atoms. The molecule has 0 atom stereocenters. The molecule has 2 rings (SSSR count). The van der Waals surface area contributed by atoms with Crippen molar-refractivity contribution in [3.05, 3.63) is 23.8 Å². The molecule has 0 amide bonds. The molecule has 0 aromatic heterocycles. The quantitative estimate of drug-likeness (QED) is 0.817. The summed E-state index contributed by atoms with van der Waals surface area (Å²) in [5.74, 6) is 1.93. The lowest BCUT2D eigenvalue weighted by Gasteiger charge is -2.26. The van der Waals surface area contributed by atoms with Gasteiger partial charge in [-0.1, -0.05) is 6.07 Å². The number of piperidine rings is 1. The summed E-state index contributed by atoms with van der Waals surface area (Å²) in [7, 11) is 1.65. The number of carbonyl (C=O) groups excluding carboxylic acids is 1. The van der Waals surface area contributed by atoms with E-state index in [1.807, 2.05) is 19.1 Å². The smallest absolute Gasteiger partial charge is 0.161 e. The van der Waals surface area contributed by atoms with Gasteiger partial charge in [0.1, 0.15) is 5.78 Å². The van der Waals surface area contributed by atoms with Gasteiger partial charge in [-0.3, -0.25) is 9.69 Å². The molecule has 1 aromatic rings. The van der Waals surface area contributed by atoms with Crippen LogP contribution in [0.4, 0.5) is 0 Å². The number of rotatable bonds is 5. The van der Waals surface area contributed by atoms with Crippen molar-refractivity contribution < 1.29 is 14.3 Å². The second-order valence-corrected chi connectivity index (χ2v) is 4.73. The molecule has 1 aliphatic heterocycles. The van der Waals surface area contributed by atoms with Gasteiger partial charge in [-0.25, -0.2) is 0 Å². The Labute approximate surface area is 114 Å². The molecule has 19 heavy (non-hydrogen) atoms. The summed E-state index contributed by atoms with van der Waals surface area (Å²) in [5, 5.41) is 0.